The van der Waals surface area contributed by atoms with Gasteiger partial charge in [0.1, 0.15) is 0 Å². The zero-order chi connectivity index (χ0) is 10.9. The van der Waals surface area contributed by atoms with Crippen LogP contribution < -0.4 is 5.73 Å². The number of nitrogens with two attached hydrogens (primary N) is 1. The Bertz CT molecular complexity index is 228. The summed E-state index contributed by atoms with van der Waals surface area (Å²) in [5.74, 6) is 0.131. The van der Waals surface area contributed by atoms with E-state index in [4.69, 9.17) is 10.5 Å². The first-order chi connectivity index (χ1) is 6.40. The van der Waals surface area contributed by atoms with Crippen molar-refractivity contribution in [3.63, 3.8) is 0 Å². The summed E-state index contributed by atoms with van der Waals surface area (Å²) in [6.07, 6.45) is 0.453. The molecule has 2 atom stereocenters. The normalized spacial score (nSPS) is 28.6. The van der Waals surface area contributed by atoms with E-state index in [-0.39, 0.29) is 23.4 Å². The van der Waals surface area contributed by atoms with Crippen molar-refractivity contribution in [3.8, 4) is 0 Å². The molecule has 2 N–H and O–H groups in total. The van der Waals surface area contributed by atoms with Gasteiger partial charge in [0.2, 0.25) is 5.91 Å². The number of likely N-dealkylation sites (tertiary alicyclic amines) is 1. The third-order valence-electron chi connectivity index (χ3n) is 2.94. The van der Waals surface area contributed by atoms with E-state index in [1.54, 1.807) is 12.0 Å². The number of hydrogen-bond acceptors (Lipinski definition) is 3. The van der Waals surface area contributed by atoms with E-state index >= 15 is 0 Å². The number of methoxy groups -OCH3 is 1. The molecule has 4 heteroatoms. The highest BCUT2D eigenvalue weighted by molar-refractivity contribution is 5.79. The third kappa shape index (κ3) is 1.91. The Labute approximate surface area is 85.4 Å². The van der Waals surface area contributed by atoms with Crippen LogP contribution in [0.1, 0.15) is 20.3 Å². The van der Waals surface area contributed by atoms with Crippen LogP contribution in [0.4, 0.5) is 0 Å². The number of amides is 1. The molecule has 1 rings (SSSR count). The van der Waals surface area contributed by atoms with Crippen molar-refractivity contribution >= 4 is 5.91 Å². The van der Waals surface area contributed by atoms with Crippen LogP contribution in [0.2, 0.25) is 0 Å². The first kappa shape index (κ1) is 11.5. The first-order valence-electron chi connectivity index (χ1n) is 4.90. The molecule has 0 aromatic rings. The van der Waals surface area contributed by atoms with Gasteiger partial charge in [-0.25, -0.2) is 0 Å². The highest BCUT2D eigenvalue weighted by atomic mass is 16.5. The van der Waals surface area contributed by atoms with Crippen molar-refractivity contribution in [3.05, 3.63) is 0 Å². The third-order valence-corrected chi connectivity index (χ3v) is 2.94. The predicted molar refractivity (Wildman–Crippen MR) is 54.8 cm³/mol. The monoisotopic (exact) mass is 200 g/mol. The summed E-state index contributed by atoms with van der Waals surface area (Å²) in [5.41, 5.74) is 5.87. The number of likely N-dealkylation sites (N-methyl/N-ethyl adjacent to an activating group) is 1. The molecule has 0 aromatic heterocycles. The van der Waals surface area contributed by atoms with E-state index < -0.39 is 0 Å². The molecule has 1 saturated heterocycles. The maximum absolute atomic E-state index is 11.5. The van der Waals surface area contributed by atoms with E-state index in [2.05, 4.69) is 13.8 Å². The van der Waals surface area contributed by atoms with Crippen LogP contribution in [0, 0.1) is 5.41 Å². The zero-order valence-corrected chi connectivity index (χ0v) is 9.41. The average Bonchev–Trinajstić information content (AvgIpc) is 2.26. The second-order valence-corrected chi connectivity index (χ2v) is 4.74. The number of ether oxygens (including phenoxy) is 1. The fraction of sp³-hybridized carbons (Fsp3) is 0.900. The Kier molecular flexibility index (Phi) is 3.17. The van der Waals surface area contributed by atoms with Gasteiger partial charge in [-0.3, -0.25) is 4.79 Å². The predicted octanol–water partition coefficient (Wildman–Crippen LogP) is 0.217. The molecule has 0 unspecified atom stereocenters. The Balaban J connectivity index is 2.80. The summed E-state index contributed by atoms with van der Waals surface area (Å²) in [7, 11) is 3.49. The summed E-state index contributed by atoms with van der Waals surface area (Å²) in [5, 5.41) is 0. The van der Waals surface area contributed by atoms with E-state index in [9.17, 15) is 4.79 Å². The number of carbonyl (C=O) groups excluding carboxylic acids is 1. The quantitative estimate of drug-likeness (QED) is 0.709. The van der Waals surface area contributed by atoms with Crippen molar-refractivity contribution in [1.82, 2.24) is 4.90 Å². The summed E-state index contributed by atoms with van der Waals surface area (Å²) in [4.78, 5) is 13.2. The lowest BCUT2D eigenvalue weighted by atomic mass is 9.82. The second kappa shape index (κ2) is 3.87. The zero-order valence-electron chi connectivity index (χ0n) is 9.41. The maximum atomic E-state index is 11.5. The lowest BCUT2D eigenvalue weighted by Gasteiger charge is -2.37. The summed E-state index contributed by atoms with van der Waals surface area (Å²) < 4.78 is 5.16. The Morgan fingerprint density at radius 2 is 2.21 bits per heavy atom. The van der Waals surface area contributed by atoms with Crippen LogP contribution in [0.25, 0.3) is 0 Å². The van der Waals surface area contributed by atoms with Crippen molar-refractivity contribution in [2.45, 2.75) is 32.4 Å². The van der Waals surface area contributed by atoms with E-state index in [0.717, 1.165) is 0 Å². The van der Waals surface area contributed by atoms with Crippen LogP contribution in [0.3, 0.4) is 0 Å². The van der Waals surface area contributed by atoms with E-state index in [0.29, 0.717) is 13.0 Å². The van der Waals surface area contributed by atoms with Gasteiger partial charge in [0.05, 0.1) is 12.6 Å². The fourth-order valence-corrected chi connectivity index (χ4v) is 2.46. The van der Waals surface area contributed by atoms with Gasteiger partial charge < -0.3 is 15.4 Å². The molecule has 1 heterocycles. The van der Waals surface area contributed by atoms with Gasteiger partial charge in [0.15, 0.2) is 0 Å². The highest BCUT2D eigenvalue weighted by Crippen LogP contribution is 2.32. The fourth-order valence-electron chi connectivity index (χ4n) is 2.46. The first-order valence-corrected chi connectivity index (χ1v) is 4.90. The molecule has 0 spiro atoms. The maximum Gasteiger partial charge on any atom is 0.224 e. The van der Waals surface area contributed by atoms with Crippen LogP contribution in [0.5, 0.6) is 0 Å². The molecule has 1 fully saturated rings. The Hall–Kier alpha value is -0.610. The average molecular weight is 200 g/mol. The summed E-state index contributed by atoms with van der Waals surface area (Å²) >= 11 is 0. The van der Waals surface area contributed by atoms with Crippen molar-refractivity contribution in [2.75, 3.05) is 20.8 Å². The Morgan fingerprint density at radius 3 is 2.57 bits per heavy atom. The molecular formula is C10H20N2O2. The summed E-state index contributed by atoms with van der Waals surface area (Å²) in [6.45, 7) is 4.77. The molecule has 0 aromatic carbocycles. The molecule has 1 aliphatic heterocycles. The summed E-state index contributed by atoms with van der Waals surface area (Å²) in [6, 6.07) is 0.00704. The lowest BCUT2D eigenvalue weighted by molar-refractivity contribution is -0.129. The van der Waals surface area contributed by atoms with Crippen molar-refractivity contribution in [2.24, 2.45) is 11.1 Å². The molecule has 14 heavy (non-hydrogen) atoms. The minimum atomic E-state index is -0.0882. The molecule has 82 valence electrons. The molecule has 1 aliphatic rings. The lowest BCUT2D eigenvalue weighted by Crippen LogP contribution is -2.50. The SMILES string of the molecule is COCC(C)(C)[C@@H]1[C@@H](N)CC(=O)N1C. The van der Waals surface area contributed by atoms with Gasteiger partial charge in [0.25, 0.3) is 0 Å². The van der Waals surface area contributed by atoms with Crippen LogP contribution in [0.15, 0.2) is 0 Å². The minimum Gasteiger partial charge on any atom is -0.384 e. The molecular weight excluding hydrogens is 180 g/mol. The minimum absolute atomic E-state index is 0.0716. The number of rotatable bonds is 3. The number of carbonyl (C=O) groups is 1. The van der Waals surface area contributed by atoms with Gasteiger partial charge >= 0.3 is 0 Å². The number of nitrogens with zero attached hydrogens (tertiary/aromatic N) is 1. The number of hydrogen-bond donors (Lipinski definition) is 1. The standard InChI is InChI=1S/C10H20N2O2/c1-10(2,6-14-4)9-7(11)5-8(13)12(9)3/h7,9H,5-6,11H2,1-4H3/t7-,9-/m0/s1. The van der Waals surface area contributed by atoms with Crippen molar-refractivity contribution in [1.29, 1.82) is 0 Å². The van der Waals surface area contributed by atoms with E-state index in [1.165, 1.54) is 0 Å². The molecule has 1 amide bonds. The largest absolute Gasteiger partial charge is 0.384 e. The molecule has 0 aliphatic carbocycles. The van der Waals surface area contributed by atoms with Crippen LogP contribution >= 0.6 is 0 Å². The molecule has 0 saturated carbocycles. The smallest absolute Gasteiger partial charge is 0.224 e. The molecule has 4 nitrogen and oxygen atoms in total. The van der Waals surface area contributed by atoms with E-state index in [1.807, 2.05) is 7.05 Å². The van der Waals surface area contributed by atoms with Crippen LogP contribution in [-0.2, 0) is 9.53 Å². The van der Waals surface area contributed by atoms with Gasteiger partial charge in [-0.05, 0) is 0 Å². The van der Waals surface area contributed by atoms with Gasteiger partial charge in [-0.1, -0.05) is 13.8 Å². The molecule has 0 bridgehead atoms. The van der Waals surface area contributed by atoms with Crippen molar-refractivity contribution < 1.29 is 9.53 Å². The Morgan fingerprint density at radius 1 is 1.64 bits per heavy atom. The van der Waals surface area contributed by atoms with Gasteiger partial charge in [0, 0.05) is 32.0 Å². The van der Waals surface area contributed by atoms with Gasteiger partial charge in [-0.15, -0.1) is 0 Å². The van der Waals surface area contributed by atoms with Gasteiger partial charge in [-0.2, -0.15) is 0 Å². The highest BCUT2D eigenvalue weighted by Gasteiger charge is 2.44. The van der Waals surface area contributed by atoms with Crippen LogP contribution in [-0.4, -0.2) is 43.7 Å². The topological polar surface area (TPSA) is 55.6 Å². The second-order valence-electron chi connectivity index (χ2n) is 4.74. The molecule has 0 radical (unpaired) electrons.